The average Bonchev–Trinajstić information content (AvgIpc) is 1.83. The summed E-state index contributed by atoms with van der Waals surface area (Å²) in [5.74, 6) is 0. The second-order valence-electron chi connectivity index (χ2n) is 3.65. The van der Waals surface area contributed by atoms with Gasteiger partial charge in [0, 0.05) is 0 Å². The minimum atomic E-state index is -1.06. The molecule has 2 nitrogen and oxygen atoms in total. The summed E-state index contributed by atoms with van der Waals surface area (Å²) in [7, 11) is 0. The first kappa shape index (κ1) is 11.4. The van der Waals surface area contributed by atoms with Crippen molar-refractivity contribution >= 4 is 0 Å². The molecule has 0 saturated heterocycles. The molecule has 0 aliphatic carbocycles. The lowest BCUT2D eigenvalue weighted by molar-refractivity contribution is -0.0132. The maximum Gasteiger partial charge on any atom is 0.0950 e. The van der Waals surface area contributed by atoms with Crippen LogP contribution in [0.1, 0.15) is 26.7 Å². The maximum absolute atomic E-state index is 9.79. The van der Waals surface area contributed by atoms with Crippen molar-refractivity contribution in [3.05, 3.63) is 24.3 Å². The standard InChI is InChI=1S/C10H18O2/c1-8(2)5-10(12,7-11)6-9(3)4/h11-12H,1,3,5-7H2,2,4H3. The van der Waals surface area contributed by atoms with E-state index in [-0.39, 0.29) is 6.61 Å². The molecule has 0 atom stereocenters. The Morgan fingerprint density at radius 2 is 1.50 bits per heavy atom. The van der Waals surface area contributed by atoms with Crippen LogP contribution in [0.5, 0.6) is 0 Å². The summed E-state index contributed by atoms with van der Waals surface area (Å²) in [6, 6.07) is 0. The molecule has 0 aliphatic heterocycles. The van der Waals surface area contributed by atoms with E-state index in [2.05, 4.69) is 13.2 Å². The van der Waals surface area contributed by atoms with E-state index < -0.39 is 5.60 Å². The molecule has 0 aromatic rings. The van der Waals surface area contributed by atoms with Gasteiger partial charge in [0.05, 0.1) is 12.2 Å². The minimum Gasteiger partial charge on any atom is -0.393 e. The van der Waals surface area contributed by atoms with Gasteiger partial charge in [0.15, 0.2) is 0 Å². The first-order valence-corrected chi connectivity index (χ1v) is 4.01. The molecule has 0 aliphatic rings. The Balaban J connectivity index is 4.23. The number of hydrogen-bond acceptors (Lipinski definition) is 2. The topological polar surface area (TPSA) is 40.5 Å². The van der Waals surface area contributed by atoms with E-state index in [9.17, 15) is 5.11 Å². The first-order valence-electron chi connectivity index (χ1n) is 4.01. The third-order valence-corrected chi connectivity index (χ3v) is 1.56. The van der Waals surface area contributed by atoms with Gasteiger partial charge < -0.3 is 10.2 Å². The molecule has 0 fully saturated rings. The van der Waals surface area contributed by atoms with E-state index in [0.29, 0.717) is 12.8 Å². The van der Waals surface area contributed by atoms with Crippen LogP contribution in [-0.4, -0.2) is 22.4 Å². The van der Waals surface area contributed by atoms with E-state index in [0.717, 1.165) is 11.1 Å². The van der Waals surface area contributed by atoms with Crippen LogP contribution in [0.4, 0.5) is 0 Å². The number of aliphatic hydroxyl groups excluding tert-OH is 1. The summed E-state index contributed by atoms with van der Waals surface area (Å²) in [6.45, 7) is 10.8. The van der Waals surface area contributed by atoms with Crippen molar-refractivity contribution in [3.63, 3.8) is 0 Å². The predicted molar refractivity (Wildman–Crippen MR) is 50.9 cm³/mol. The Bertz CT molecular complexity index is 166. The molecule has 0 saturated carbocycles. The molecule has 0 amide bonds. The third kappa shape index (κ3) is 4.31. The quantitative estimate of drug-likeness (QED) is 0.616. The van der Waals surface area contributed by atoms with E-state index >= 15 is 0 Å². The molecular formula is C10H18O2. The second kappa shape index (κ2) is 4.43. The average molecular weight is 170 g/mol. The highest BCUT2D eigenvalue weighted by Gasteiger charge is 2.25. The van der Waals surface area contributed by atoms with Gasteiger partial charge in [0.1, 0.15) is 0 Å². The van der Waals surface area contributed by atoms with Gasteiger partial charge in [-0.3, -0.25) is 0 Å². The molecule has 70 valence electrons. The molecule has 0 aromatic heterocycles. The van der Waals surface area contributed by atoms with Crippen molar-refractivity contribution < 1.29 is 10.2 Å². The van der Waals surface area contributed by atoms with Gasteiger partial charge >= 0.3 is 0 Å². The number of aliphatic hydroxyl groups is 2. The normalized spacial score (nSPS) is 11.3. The van der Waals surface area contributed by atoms with Crippen molar-refractivity contribution in [3.8, 4) is 0 Å². The molecule has 0 aromatic carbocycles. The van der Waals surface area contributed by atoms with Gasteiger partial charge in [-0.05, 0) is 26.7 Å². The van der Waals surface area contributed by atoms with Crippen LogP contribution in [-0.2, 0) is 0 Å². The van der Waals surface area contributed by atoms with E-state index in [1.165, 1.54) is 0 Å². The van der Waals surface area contributed by atoms with Crippen molar-refractivity contribution in [2.24, 2.45) is 0 Å². The van der Waals surface area contributed by atoms with Crippen molar-refractivity contribution in [2.75, 3.05) is 6.61 Å². The summed E-state index contributed by atoms with van der Waals surface area (Å²) in [5, 5.41) is 18.7. The largest absolute Gasteiger partial charge is 0.393 e. The zero-order chi connectivity index (χ0) is 9.78. The Morgan fingerprint density at radius 3 is 1.67 bits per heavy atom. The Morgan fingerprint density at radius 1 is 1.17 bits per heavy atom. The zero-order valence-electron chi connectivity index (χ0n) is 7.93. The van der Waals surface area contributed by atoms with Crippen LogP contribution in [0.2, 0.25) is 0 Å². The summed E-state index contributed by atoms with van der Waals surface area (Å²) < 4.78 is 0. The highest BCUT2D eigenvalue weighted by molar-refractivity contribution is 5.04. The minimum absolute atomic E-state index is 0.243. The molecule has 0 spiro atoms. The molecule has 0 rings (SSSR count). The van der Waals surface area contributed by atoms with Crippen LogP contribution >= 0.6 is 0 Å². The lowest BCUT2D eigenvalue weighted by atomic mass is 9.90. The van der Waals surface area contributed by atoms with Gasteiger partial charge in [-0.25, -0.2) is 0 Å². The second-order valence-corrected chi connectivity index (χ2v) is 3.65. The molecule has 2 N–H and O–H groups in total. The van der Waals surface area contributed by atoms with Crippen LogP contribution < -0.4 is 0 Å². The number of rotatable bonds is 5. The summed E-state index contributed by atoms with van der Waals surface area (Å²) >= 11 is 0. The zero-order valence-corrected chi connectivity index (χ0v) is 7.93. The Kier molecular flexibility index (Phi) is 4.21. The van der Waals surface area contributed by atoms with Gasteiger partial charge in [-0.1, -0.05) is 11.1 Å². The molecule has 0 radical (unpaired) electrons. The number of hydrogen-bond donors (Lipinski definition) is 2. The lowest BCUT2D eigenvalue weighted by Crippen LogP contribution is -2.33. The summed E-state index contributed by atoms with van der Waals surface area (Å²) in [6.07, 6.45) is 0.854. The molecule has 0 unspecified atom stereocenters. The fourth-order valence-corrected chi connectivity index (χ4v) is 1.30. The van der Waals surface area contributed by atoms with Crippen molar-refractivity contribution in [1.29, 1.82) is 0 Å². The van der Waals surface area contributed by atoms with E-state index in [4.69, 9.17) is 5.11 Å². The lowest BCUT2D eigenvalue weighted by Gasteiger charge is -2.26. The van der Waals surface area contributed by atoms with Crippen molar-refractivity contribution in [1.82, 2.24) is 0 Å². The first-order chi connectivity index (χ1) is 5.39. The monoisotopic (exact) mass is 170 g/mol. The fourth-order valence-electron chi connectivity index (χ4n) is 1.30. The third-order valence-electron chi connectivity index (χ3n) is 1.56. The summed E-state index contributed by atoms with van der Waals surface area (Å²) in [4.78, 5) is 0. The van der Waals surface area contributed by atoms with Crippen LogP contribution in [0, 0.1) is 0 Å². The Labute approximate surface area is 74.2 Å². The van der Waals surface area contributed by atoms with Crippen LogP contribution in [0.3, 0.4) is 0 Å². The molecule has 0 heterocycles. The molecule has 12 heavy (non-hydrogen) atoms. The van der Waals surface area contributed by atoms with E-state index in [1.54, 1.807) is 0 Å². The van der Waals surface area contributed by atoms with Crippen molar-refractivity contribution in [2.45, 2.75) is 32.3 Å². The maximum atomic E-state index is 9.79. The summed E-state index contributed by atoms with van der Waals surface area (Å²) in [5.41, 5.74) is 0.679. The highest BCUT2D eigenvalue weighted by atomic mass is 16.3. The molecular weight excluding hydrogens is 152 g/mol. The SMILES string of the molecule is C=C(C)CC(O)(CO)CC(=C)C. The Hall–Kier alpha value is -0.600. The molecule has 0 bridgehead atoms. The van der Waals surface area contributed by atoms with Gasteiger partial charge in [0.2, 0.25) is 0 Å². The molecule has 2 heteroatoms. The van der Waals surface area contributed by atoms with Gasteiger partial charge in [-0.15, -0.1) is 13.2 Å². The van der Waals surface area contributed by atoms with Crippen LogP contribution in [0.15, 0.2) is 24.3 Å². The smallest absolute Gasteiger partial charge is 0.0950 e. The van der Waals surface area contributed by atoms with Gasteiger partial charge in [0.25, 0.3) is 0 Å². The fraction of sp³-hybridized carbons (Fsp3) is 0.600. The predicted octanol–water partition coefficient (Wildman–Crippen LogP) is 1.64. The highest BCUT2D eigenvalue weighted by Crippen LogP contribution is 2.22. The van der Waals surface area contributed by atoms with E-state index in [1.807, 2.05) is 13.8 Å². The van der Waals surface area contributed by atoms with Crippen LogP contribution in [0.25, 0.3) is 0 Å². The van der Waals surface area contributed by atoms with Gasteiger partial charge in [-0.2, -0.15) is 0 Å².